The van der Waals surface area contributed by atoms with E-state index in [-0.39, 0.29) is 13.0 Å². The molecule has 0 radical (unpaired) electrons. The van der Waals surface area contributed by atoms with Crippen molar-refractivity contribution in [3.8, 4) is 0 Å². The first-order valence-electron chi connectivity index (χ1n) is 5.19. The lowest BCUT2D eigenvalue weighted by Crippen LogP contribution is -2.16. The molecule has 0 aliphatic carbocycles. The molecule has 0 spiro atoms. The Labute approximate surface area is 101 Å². The van der Waals surface area contributed by atoms with Gasteiger partial charge in [-0.1, -0.05) is 30.3 Å². The molecule has 1 aromatic rings. The zero-order valence-corrected chi connectivity index (χ0v) is 10.3. The van der Waals surface area contributed by atoms with Gasteiger partial charge in [-0.05, 0) is 18.9 Å². The van der Waals surface area contributed by atoms with E-state index in [0.717, 1.165) is 5.56 Å². The summed E-state index contributed by atoms with van der Waals surface area (Å²) in [6, 6.07) is 9.26. The quantitative estimate of drug-likeness (QED) is 0.772. The summed E-state index contributed by atoms with van der Waals surface area (Å²) in [5, 5.41) is 0. The summed E-state index contributed by atoms with van der Waals surface area (Å²) in [4.78, 5) is 11.2. The van der Waals surface area contributed by atoms with Crippen LogP contribution in [0.1, 0.15) is 18.9 Å². The molecule has 6 heteroatoms. The highest BCUT2D eigenvalue weighted by molar-refractivity contribution is 7.82. The fourth-order valence-corrected chi connectivity index (χ4v) is 1.86. The number of carbonyl (C=O) groups is 1. The van der Waals surface area contributed by atoms with Crippen molar-refractivity contribution in [2.45, 2.75) is 19.8 Å². The van der Waals surface area contributed by atoms with E-state index in [1.807, 2.05) is 30.3 Å². The van der Waals surface area contributed by atoms with Crippen LogP contribution in [0.15, 0.2) is 30.3 Å². The van der Waals surface area contributed by atoms with Gasteiger partial charge in [-0.3, -0.25) is 4.79 Å². The third kappa shape index (κ3) is 5.46. The van der Waals surface area contributed by atoms with Crippen LogP contribution in [0.5, 0.6) is 0 Å². The van der Waals surface area contributed by atoms with Crippen molar-refractivity contribution in [2.75, 3.05) is 6.61 Å². The van der Waals surface area contributed by atoms with Gasteiger partial charge in [0, 0.05) is 0 Å². The van der Waals surface area contributed by atoms with Crippen LogP contribution in [-0.2, 0) is 30.0 Å². The Morgan fingerprint density at radius 1 is 1.24 bits per heavy atom. The van der Waals surface area contributed by atoms with Crippen molar-refractivity contribution in [1.29, 1.82) is 0 Å². The molecule has 17 heavy (non-hydrogen) atoms. The fraction of sp³-hybridized carbons (Fsp3) is 0.364. The number of aryl methyl sites for hydroxylation is 1. The predicted molar refractivity (Wildman–Crippen MR) is 61.4 cm³/mol. The molecule has 0 saturated heterocycles. The summed E-state index contributed by atoms with van der Waals surface area (Å²) < 4.78 is 30.5. The number of hydrogen-bond acceptors (Lipinski definition) is 5. The maximum absolute atomic E-state index is 11.2. The third-order valence-corrected chi connectivity index (χ3v) is 2.83. The van der Waals surface area contributed by atoms with E-state index >= 15 is 0 Å². The summed E-state index contributed by atoms with van der Waals surface area (Å²) in [6.07, 6.45) is 0.428. The second-order valence-corrected chi connectivity index (χ2v) is 4.47. The van der Waals surface area contributed by atoms with Crippen molar-refractivity contribution in [3.63, 3.8) is 0 Å². The Morgan fingerprint density at radius 3 is 2.47 bits per heavy atom. The van der Waals surface area contributed by atoms with E-state index in [1.165, 1.54) is 6.92 Å². The molecule has 5 nitrogen and oxygen atoms in total. The molecule has 0 aromatic heterocycles. The first-order chi connectivity index (χ1) is 8.03. The topological polar surface area (TPSA) is 69.7 Å². The van der Waals surface area contributed by atoms with Crippen LogP contribution in [0.2, 0.25) is 0 Å². The zero-order chi connectivity index (χ0) is 12.7. The standard InChI is InChI=1S/C11H14O5S/c1-2-15-17(13,14)16-11(12)9-8-10-6-4-3-5-7-10/h3-7H,2,8-9H2,1H3. The summed E-state index contributed by atoms with van der Waals surface area (Å²) in [5.74, 6) is -0.817. The summed E-state index contributed by atoms with van der Waals surface area (Å²) in [6.45, 7) is 1.43. The van der Waals surface area contributed by atoms with Gasteiger partial charge in [0.15, 0.2) is 0 Å². The van der Waals surface area contributed by atoms with Gasteiger partial charge in [0.05, 0.1) is 13.0 Å². The van der Waals surface area contributed by atoms with Crippen LogP contribution >= 0.6 is 0 Å². The van der Waals surface area contributed by atoms with Crippen molar-refractivity contribution in [1.82, 2.24) is 0 Å². The minimum atomic E-state index is -4.18. The average molecular weight is 258 g/mol. The molecule has 0 N–H and O–H groups in total. The molecular formula is C11H14O5S. The number of rotatable bonds is 6. The van der Waals surface area contributed by atoms with Crippen LogP contribution in [0.3, 0.4) is 0 Å². The fourth-order valence-electron chi connectivity index (χ4n) is 1.21. The highest BCUT2D eigenvalue weighted by Crippen LogP contribution is 2.05. The van der Waals surface area contributed by atoms with E-state index in [0.29, 0.717) is 6.42 Å². The van der Waals surface area contributed by atoms with Gasteiger partial charge in [-0.15, -0.1) is 0 Å². The molecule has 0 saturated carbocycles. The molecule has 0 unspecified atom stereocenters. The van der Waals surface area contributed by atoms with Gasteiger partial charge in [0.1, 0.15) is 0 Å². The van der Waals surface area contributed by atoms with Crippen molar-refractivity contribution >= 4 is 16.4 Å². The van der Waals surface area contributed by atoms with Crippen LogP contribution in [0.25, 0.3) is 0 Å². The van der Waals surface area contributed by atoms with E-state index in [4.69, 9.17) is 0 Å². The lowest BCUT2D eigenvalue weighted by atomic mass is 10.1. The number of benzene rings is 1. The maximum atomic E-state index is 11.2. The van der Waals surface area contributed by atoms with Gasteiger partial charge in [-0.2, -0.15) is 8.42 Å². The normalized spacial score (nSPS) is 11.1. The summed E-state index contributed by atoms with van der Waals surface area (Å²) in [7, 11) is -4.18. The van der Waals surface area contributed by atoms with E-state index in [9.17, 15) is 13.2 Å². The molecule has 0 heterocycles. The Hall–Kier alpha value is -1.40. The number of hydrogen-bond donors (Lipinski definition) is 0. The Balaban J connectivity index is 2.41. The largest absolute Gasteiger partial charge is 0.451 e. The van der Waals surface area contributed by atoms with Gasteiger partial charge in [0.2, 0.25) is 0 Å². The highest BCUT2D eigenvalue weighted by Gasteiger charge is 2.16. The van der Waals surface area contributed by atoms with Crippen molar-refractivity contribution in [2.24, 2.45) is 0 Å². The zero-order valence-electron chi connectivity index (χ0n) is 9.46. The molecule has 0 amide bonds. The lowest BCUT2D eigenvalue weighted by Gasteiger charge is -2.04. The number of carbonyl (C=O) groups excluding carboxylic acids is 1. The first kappa shape index (κ1) is 13.7. The van der Waals surface area contributed by atoms with E-state index < -0.39 is 16.4 Å². The van der Waals surface area contributed by atoms with E-state index in [1.54, 1.807) is 0 Å². The lowest BCUT2D eigenvalue weighted by molar-refractivity contribution is -0.134. The monoisotopic (exact) mass is 258 g/mol. The molecule has 0 fully saturated rings. The third-order valence-electron chi connectivity index (χ3n) is 1.92. The smallest absolute Gasteiger partial charge is 0.325 e. The van der Waals surface area contributed by atoms with Crippen LogP contribution in [0.4, 0.5) is 0 Å². The maximum Gasteiger partial charge on any atom is 0.451 e. The predicted octanol–water partition coefficient (Wildman–Crippen LogP) is 1.44. The Bertz CT molecular complexity index is 452. The molecule has 0 aliphatic rings. The first-order valence-corrected chi connectivity index (χ1v) is 6.52. The summed E-state index contributed by atoms with van der Waals surface area (Å²) in [5.41, 5.74) is 0.943. The van der Waals surface area contributed by atoms with Gasteiger partial charge in [0.25, 0.3) is 0 Å². The molecule has 0 atom stereocenters. The Morgan fingerprint density at radius 2 is 1.88 bits per heavy atom. The van der Waals surface area contributed by atoms with Crippen LogP contribution in [0, 0.1) is 0 Å². The van der Waals surface area contributed by atoms with E-state index in [2.05, 4.69) is 8.37 Å². The van der Waals surface area contributed by atoms with Crippen molar-refractivity contribution < 1.29 is 21.6 Å². The van der Waals surface area contributed by atoms with Gasteiger partial charge >= 0.3 is 16.4 Å². The molecule has 1 rings (SSSR count). The summed E-state index contributed by atoms with van der Waals surface area (Å²) >= 11 is 0. The highest BCUT2D eigenvalue weighted by atomic mass is 32.3. The minimum Gasteiger partial charge on any atom is -0.325 e. The van der Waals surface area contributed by atoms with Gasteiger partial charge in [-0.25, -0.2) is 4.18 Å². The SMILES string of the molecule is CCOS(=O)(=O)OC(=O)CCc1ccccc1. The molecule has 0 bridgehead atoms. The Kier molecular flexibility index (Phi) is 5.11. The van der Waals surface area contributed by atoms with Crippen molar-refractivity contribution in [3.05, 3.63) is 35.9 Å². The second-order valence-electron chi connectivity index (χ2n) is 3.26. The second kappa shape index (κ2) is 6.36. The molecular weight excluding hydrogens is 244 g/mol. The average Bonchev–Trinajstić information content (AvgIpc) is 2.27. The van der Waals surface area contributed by atoms with Crippen LogP contribution in [-0.4, -0.2) is 21.0 Å². The molecule has 1 aromatic carbocycles. The molecule has 0 aliphatic heterocycles. The van der Waals surface area contributed by atoms with Gasteiger partial charge < -0.3 is 4.18 Å². The minimum absolute atomic E-state index is 0.00365. The molecule has 94 valence electrons. The van der Waals surface area contributed by atoms with Crippen LogP contribution < -0.4 is 0 Å².